The molecule has 0 saturated carbocycles. The van der Waals surface area contributed by atoms with Crippen LogP contribution >= 0.6 is 11.8 Å². The van der Waals surface area contributed by atoms with E-state index >= 15 is 0 Å². The number of carbonyl (C=O) groups is 2. The SMILES string of the molecule is CCOC(=O)COc1ccc(C(=O)Nc2ccccc2Sc2cccc(O)c2-c2nnn[nH]2)cc1. The Balaban J connectivity index is 1.49. The van der Waals surface area contributed by atoms with Gasteiger partial charge in [0.05, 0.1) is 17.9 Å². The quantitative estimate of drug-likeness (QED) is 0.297. The molecule has 35 heavy (non-hydrogen) atoms. The van der Waals surface area contributed by atoms with Gasteiger partial charge in [-0.1, -0.05) is 30.0 Å². The van der Waals surface area contributed by atoms with Crippen molar-refractivity contribution in [1.82, 2.24) is 20.6 Å². The molecule has 0 saturated heterocycles. The number of aromatic amines is 1. The summed E-state index contributed by atoms with van der Waals surface area (Å²) in [5.74, 6) is 0.0324. The van der Waals surface area contributed by atoms with Gasteiger partial charge in [0.15, 0.2) is 12.4 Å². The van der Waals surface area contributed by atoms with Crippen molar-refractivity contribution in [2.45, 2.75) is 16.7 Å². The summed E-state index contributed by atoms with van der Waals surface area (Å²) < 4.78 is 10.2. The van der Waals surface area contributed by atoms with Crippen molar-refractivity contribution in [3.63, 3.8) is 0 Å². The Kier molecular flexibility index (Phi) is 7.58. The maximum Gasteiger partial charge on any atom is 0.344 e. The number of benzene rings is 3. The first-order valence-corrected chi connectivity index (χ1v) is 11.4. The third kappa shape index (κ3) is 5.95. The first-order valence-electron chi connectivity index (χ1n) is 10.6. The normalized spacial score (nSPS) is 10.5. The van der Waals surface area contributed by atoms with Crippen molar-refractivity contribution in [1.29, 1.82) is 0 Å². The van der Waals surface area contributed by atoms with Crippen molar-refractivity contribution in [2.75, 3.05) is 18.5 Å². The number of aromatic nitrogens is 4. The third-order valence-corrected chi connectivity index (χ3v) is 5.86. The molecule has 0 aliphatic heterocycles. The predicted molar refractivity (Wildman–Crippen MR) is 128 cm³/mol. The number of phenols is 1. The van der Waals surface area contributed by atoms with E-state index in [1.165, 1.54) is 11.8 Å². The fraction of sp³-hybridized carbons (Fsp3) is 0.125. The van der Waals surface area contributed by atoms with Crippen molar-refractivity contribution in [3.8, 4) is 22.9 Å². The van der Waals surface area contributed by atoms with Crippen molar-refractivity contribution >= 4 is 29.3 Å². The smallest absolute Gasteiger partial charge is 0.344 e. The number of tetrazole rings is 1. The number of nitrogens with zero attached hydrogens (tertiary/aromatic N) is 3. The Morgan fingerprint density at radius 3 is 2.54 bits per heavy atom. The van der Waals surface area contributed by atoms with Crippen LogP contribution in [0.1, 0.15) is 17.3 Å². The van der Waals surface area contributed by atoms with Crippen molar-refractivity contribution < 1.29 is 24.2 Å². The van der Waals surface area contributed by atoms with Crippen LogP contribution < -0.4 is 10.1 Å². The fourth-order valence-corrected chi connectivity index (χ4v) is 4.19. The molecular weight excluding hydrogens is 470 g/mol. The molecule has 10 nitrogen and oxygen atoms in total. The highest BCUT2D eigenvalue weighted by Crippen LogP contribution is 2.41. The van der Waals surface area contributed by atoms with Crippen LogP contribution in [-0.2, 0) is 9.53 Å². The number of amides is 1. The van der Waals surface area contributed by atoms with Gasteiger partial charge in [-0.2, -0.15) is 0 Å². The first-order chi connectivity index (χ1) is 17.0. The van der Waals surface area contributed by atoms with E-state index in [-0.39, 0.29) is 24.9 Å². The summed E-state index contributed by atoms with van der Waals surface area (Å²) in [6, 6.07) is 18.9. The summed E-state index contributed by atoms with van der Waals surface area (Å²) in [5, 5.41) is 27.0. The second-order valence-electron chi connectivity index (χ2n) is 7.07. The molecule has 3 N–H and O–H groups in total. The molecule has 0 radical (unpaired) electrons. The summed E-state index contributed by atoms with van der Waals surface area (Å²) in [6.07, 6.45) is 0. The van der Waals surface area contributed by atoms with Crippen LogP contribution in [0.4, 0.5) is 5.69 Å². The Hall–Kier alpha value is -4.38. The number of esters is 1. The monoisotopic (exact) mass is 491 g/mol. The number of carbonyl (C=O) groups excluding carboxylic acids is 2. The number of rotatable bonds is 9. The zero-order valence-corrected chi connectivity index (χ0v) is 19.4. The molecule has 11 heteroatoms. The Bertz CT molecular complexity index is 1310. The minimum Gasteiger partial charge on any atom is -0.507 e. The molecular formula is C24H21N5O5S. The third-order valence-electron chi connectivity index (χ3n) is 4.72. The Morgan fingerprint density at radius 2 is 1.80 bits per heavy atom. The van der Waals surface area contributed by atoms with E-state index in [1.807, 2.05) is 24.3 Å². The largest absolute Gasteiger partial charge is 0.507 e. The van der Waals surface area contributed by atoms with Crippen LogP contribution in [0.25, 0.3) is 11.4 Å². The molecule has 0 atom stereocenters. The van der Waals surface area contributed by atoms with Crippen molar-refractivity contribution in [3.05, 3.63) is 72.3 Å². The molecule has 0 bridgehead atoms. The predicted octanol–water partition coefficient (Wildman–Crippen LogP) is 3.92. The van der Waals surface area contributed by atoms with Crippen LogP contribution in [0.15, 0.2) is 76.5 Å². The van der Waals surface area contributed by atoms with Gasteiger partial charge in [-0.05, 0) is 65.9 Å². The molecule has 178 valence electrons. The molecule has 1 aromatic heterocycles. The number of hydrogen-bond donors (Lipinski definition) is 3. The standard InChI is InChI=1S/C24H21N5O5S/c1-2-33-21(31)14-34-16-12-10-15(11-13-16)24(32)25-17-6-3-4-8-19(17)35-20-9-5-7-18(30)22(20)23-26-28-29-27-23/h3-13,30H,2,14H2,1H3,(H,25,32)(H,26,27,28,29). The highest BCUT2D eigenvalue weighted by molar-refractivity contribution is 7.99. The van der Waals surface area contributed by atoms with E-state index in [2.05, 4.69) is 25.9 Å². The van der Waals surface area contributed by atoms with E-state index in [0.717, 1.165) is 4.90 Å². The number of anilines is 1. The lowest BCUT2D eigenvalue weighted by molar-refractivity contribution is -0.145. The average molecular weight is 492 g/mol. The summed E-state index contributed by atoms with van der Waals surface area (Å²) in [7, 11) is 0. The highest BCUT2D eigenvalue weighted by atomic mass is 32.2. The van der Waals surface area contributed by atoms with Crippen LogP contribution in [-0.4, -0.2) is 50.8 Å². The maximum atomic E-state index is 12.9. The van der Waals surface area contributed by atoms with Gasteiger partial charge < -0.3 is 19.9 Å². The van der Waals surface area contributed by atoms with Gasteiger partial charge in [-0.25, -0.2) is 9.89 Å². The molecule has 0 unspecified atom stereocenters. The maximum absolute atomic E-state index is 12.9. The molecule has 4 rings (SSSR count). The summed E-state index contributed by atoms with van der Waals surface area (Å²) in [5.41, 5.74) is 1.47. The number of nitrogens with one attached hydrogen (secondary N) is 2. The second kappa shape index (κ2) is 11.2. The number of phenolic OH excluding ortho intramolecular Hbond substituents is 1. The van der Waals surface area contributed by atoms with E-state index < -0.39 is 5.97 Å². The number of aromatic hydroxyl groups is 1. The number of para-hydroxylation sites is 1. The molecule has 0 spiro atoms. The minimum absolute atomic E-state index is 0.0281. The van der Waals surface area contributed by atoms with Gasteiger partial charge in [0, 0.05) is 15.4 Å². The summed E-state index contributed by atoms with van der Waals surface area (Å²) in [4.78, 5) is 25.8. The van der Waals surface area contributed by atoms with Gasteiger partial charge in [0.1, 0.15) is 11.5 Å². The van der Waals surface area contributed by atoms with E-state index in [0.29, 0.717) is 33.3 Å². The lowest BCUT2D eigenvalue weighted by Gasteiger charge is -2.13. The summed E-state index contributed by atoms with van der Waals surface area (Å²) in [6.45, 7) is 1.80. The summed E-state index contributed by atoms with van der Waals surface area (Å²) >= 11 is 1.35. The number of ether oxygens (including phenoxy) is 2. The van der Waals surface area contributed by atoms with Crippen LogP contribution in [0.2, 0.25) is 0 Å². The van der Waals surface area contributed by atoms with Crippen molar-refractivity contribution in [2.24, 2.45) is 0 Å². The second-order valence-corrected chi connectivity index (χ2v) is 8.15. The molecule has 1 heterocycles. The topological polar surface area (TPSA) is 139 Å². The van der Waals surface area contributed by atoms with E-state index in [9.17, 15) is 14.7 Å². The minimum atomic E-state index is -0.460. The lowest BCUT2D eigenvalue weighted by Crippen LogP contribution is -2.15. The Morgan fingerprint density at radius 1 is 1.03 bits per heavy atom. The zero-order valence-electron chi connectivity index (χ0n) is 18.6. The van der Waals surface area contributed by atoms with Crippen LogP contribution in [0, 0.1) is 0 Å². The highest BCUT2D eigenvalue weighted by Gasteiger charge is 2.17. The first kappa shape index (κ1) is 23.8. The molecule has 4 aromatic rings. The number of hydrogen-bond acceptors (Lipinski definition) is 9. The zero-order chi connectivity index (χ0) is 24.6. The molecule has 0 aliphatic carbocycles. The Labute approximate surface area is 204 Å². The van der Waals surface area contributed by atoms with E-state index in [1.54, 1.807) is 49.4 Å². The molecule has 0 fully saturated rings. The van der Waals surface area contributed by atoms with Gasteiger partial charge in [0.25, 0.3) is 5.91 Å². The lowest BCUT2D eigenvalue weighted by atomic mass is 10.2. The van der Waals surface area contributed by atoms with Gasteiger partial charge in [0.2, 0.25) is 0 Å². The molecule has 0 aliphatic rings. The van der Waals surface area contributed by atoms with Gasteiger partial charge >= 0.3 is 5.97 Å². The molecule has 3 aromatic carbocycles. The average Bonchev–Trinajstić information content (AvgIpc) is 3.39. The van der Waals surface area contributed by atoms with Crippen LogP contribution in [0.3, 0.4) is 0 Å². The van der Waals surface area contributed by atoms with Gasteiger partial charge in [-0.3, -0.25) is 4.79 Å². The van der Waals surface area contributed by atoms with Crippen LogP contribution in [0.5, 0.6) is 11.5 Å². The molecule has 1 amide bonds. The van der Waals surface area contributed by atoms with Gasteiger partial charge in [-0.15, -0.1) is 5.10 Å². The fourth-order valence-electron chi connectivity index (χ4n) is 3.13. The number of H-pyrrole nitrogens is 1. The van der Waals surface area contributed by atoms with E-state index in [4.69, 9.17) is 9.47 Å².